The van der Waals surface area contributed by atoms with Crippen LogP contribution in [-0.4, -0.2) is 0 Å². The molecule has 0 spiro atoms. The molecule has 0 heteroatoms. The molecule has 0 N–H and O–H groups in total. The molecule has 0 amide bonds. The van der Waals surface area contributed by atoms with Gasteiger partial charge in [-0.1, -0.05) is 52.4 Å². The highest BCUT2D eigenvalue weighted by Crippen LogP contribution is 2.49. The van der Waals surface area contributed by atoms with Gasteiger partial charge < -0.3 is 0 Å². The van der Waals surface area contributed by atoms with Crippen LogP contribution in [0.3, 0.4) is 0 Å². The Morgan fingerprint density at radius 2 is 1.10 bits per heavy atom. The summed E-state index contributed by atoms with van der Waals surface area (Å²) >= 11 is 0. The predicted octanol–water partition coefficient (Wildman–Crippen LogP) is 6.84. The van der Waals surface area contributed by atoms with Crippen molar-refractivity contribution >= 4 is 0 Å². The van der Waals surface area contributed by atoms with Crippen molar-refractivity contribution in [3.63, 3.8) is 0 Å². The molecule has 0 saturated heterocycles. The van der Waals surface area contributed by atoms with E-state index in [4.69, 9.17) is 0 Å². The number of hydrogen-bond donors (Lipinski definition) is 0. The fourth-order valence-corrected chi connectivity index (χ4v) is 6.19. The maximum absolute atomic E-state index is 2.39. The lowest BCUT2D eigenvalue weighted by atomic mass is 9.60. The molecule has 0 aliphatic heterocycles. The summed E-state index contributed by atoms with van der Waals surface area (Å²) in [5.41, 5.74) is 0. The summed E-state index contributed by atoms with van der Waals surface area (Å²) < 4.78 is 0. The summed E-state index contributed by atoms with van der Waals surface area (Å²) in [6.45, 7) is 4.76. The average molecular weight is 291 g/mol. The van der Waals surface area contributed by atoms with E-state index in [1.54, 1.807) is 64.2 Å². The van der Waals surface area contributed by atoms with Crippen LogP contribution in [0.1, 0.15) is 97.3 Å². The third-order valence-electron chi connectivity index (χ3n) is 7.59. The van der Waals surface area contributed by atoms with Gasteiger partial charge in [-0.3, -0.25) is 0 Å². The van der Waals surface area contributed by atoms with Crippen molar-refractivity contribution in [3.05, 3.63) is 0 Å². The fourth-order valence-electron chi connectivity index (χ4n) is 6.19. The molecule has 0 aromatic carbocycles. The second-order valence-corrected chi connectivity index (χ2v) is 8.75. The molecule has 3 aliphatic carbocycles. The molecule has 0 aromatic rings. The first-order valence-electron chi connectivity index (χ1n) is 10.3. The number of rotatable bonds is 4. The Kier molecular flexibility index (Phi) is 5.68. The van der Waals surface area contributed by atoms with E-state index in [9.17, 15) is 0 Å². The van der Waals surface area contributed by atoms with Crippen LogP contribution in [0.5, 0.6) is 0 Å². The summed E-state index contributed by atoms with van der Waals surface area (Å²) in [5.74, 6) is 6.64. The normalized spacial score (nSPS) is 44.3. The minimum absolute atomic E-state index is 1.07. The van der Waals surface area contributed by atoms with Gasteiger partial charge in [-0.15, -0.1) is 0 Å². The summed E-state index contributed by atoms with van der Waals surface area (Å²) in [6, 6.07) is 0. The van der Waals surface area contributed by atoms with Crippen molar-refractivity contribution in [3.8, 4) is 0 Å². The molecule has 3 rings (SSSR count). The first kappa shape index (κ1) is 15.9. The molecule has 3 fully saturated rings. The molecule has 0 heterocycles. The largest absolute Gasteiger partial charge is 0.0654 e. The maximum Gasteiger partial charge on any atom is -0.0383 e. The van der Waals surface area contributed by atoms with Gasteiger partial charge in [0.1, 0.15) is 0 Å². The van der Waals surface area contributed by atoms with Gasteiger partial charge in [0.15, 0.2) is 0 Å². The van der Waals surface area contributed by atoms with Crippen molar-refractivity contribution in [2.75, 3.05) is 0 Å². The minimum Gasteiger partial charge on any atom is -0.0654 e. The lowest BCUT2D eigenvalue weighted by molar-refractivity contribution is 0.0582. The van der Waals surface area contributed by atoms with Crippen molar-refractivity contribution in [1.82, 2.24) is 0 Å². The summed E-state index contributed by atoms with van der Waals surface area (Å²) in [4.78, 5) is 0. The maximum atomic E-state index is 2.39. The van der Waals surface area contributed by atoms with E-state index in [-0.39, 0.29) is 0 Å². The van der Waals surface area contributed by atoms with E-state index >= 15 is 0 Å². The molecule has 122 valence electrons. The number of hydrogen-bond acceptors (Lipinski definition) is 0. The second kappa shape index (κ2) is 7.51. The smallest absolute Gasteiger partial charge is 0.0383 e. The van der Waals surface area contributed by atoms with Gasteiger partial charge in [0, 0.05) is 0 Å². The standard InChI is InChI=1S/C21H38/c1-3-5-17-8-11-21-15-20(13-12-19(21)14-17)18-9-6-16(4-2)7-10-18/h16-21H,3-15H2,1-2H3. The van der Waals surface area contributed by atoms with Crippen LogP contribution in [-0.2, 0) is 0 Å². The Hall–Kier alpha value is 0. The molecule has 0 nitrogen and oxygen atoms in total. The fraction of sp³-hybridized carbons (Fsp3) is 1.00. The Balaban J connectivity index is 1.47. The molecule has 4 atom stereocenters. The first-order chi connectivity index (χ1) is 10.3. The Labute approximate surface area is 133 Å². The zero-order valence-corrected chi connectivity index (χ0v) is 14.7. The minimum atomic E-state index is 1.07. The van der Waals surface area contributed by atoms with Crippen molar-refractivity contribution < 1.29 is 0 Å². The van der Waals surface area contributed by atoms with Crippen LogP contribution in [0.15, 0.2) is 0 Å². The first-order valence-corrected chi connectivity index (χ1v) is 10.3. The molecule has 3 saturated carbocycles. The van der Waals surface area contributed by atoms with Gasteiger partial charge in [0.05, 0.1) is 0 Å². The average Bonchev–Trinajstić information content (AvgIpc) is 2.55. The topological polar surface area (TPSA) is 0 Å². The Morgan fingerprint density at radius 1 is 0.571 bits per heavy atom. The van der Waals surface area contributed by atoms with Crippen molar-refractivity contribution in [2.45, 2.75) is 97.3 Å². The van der Waals surface area contributed by atoms with Gasteiger partial charge >= 0.3 is 0 Å². The highest BCUT2D eigenvalue weighted by molar-refractivity contribution is 4.89. The monoisotopic (exact) mass is 290 g/mol. The molecule has 0 radical (unpaired) electrons. The van der Waals surface area contributed by atoms with Crippen molar-refractivity contribution in [2.24, 2.45) is 35.5 Å². The summed E-state index contributed by atoms with van der Waals surface area (Å²) in [6.07, 6.45) is 20.1. The van der Waals surface area contributed by atoms with Gasteiger partial charge in [-0.05, 0) is 80.5 Å². The molecular weight excluding hydrogens is 252 g/mol. The highest BCUT2D eigenvalue weighted by Gasteiger charge is 2.38. The molecule has 0 bridgehead atoms. The summed E-state index contributed by atoms with van der Waals surface area (Å²) in [7, 11) is 0. The van der Waals surface area contributed by atoms with Gasteiger partial charge in [-0.25, -0.2) is 0 Å². The zero-order chi connectivity index (χ0) is 14.7. The van der Waals surface area contributed by atoms with Crippen LogP contribution in [0, 0.1) is 35.5 Å². The molecule has 3 aliphatic rings. The lowest BCUT2D eigenvalue weighted by Crippen LogP contribution is -2.34. The SMILES string of the molecule is CCCC1CCC2CC(C3CCC(CC)CC3)CCC2C1. The van der Waals surface area contributed by atoms with E-state index in [2.05, 4.69) is 13.8 Å². The molecular formula is C21H38. The third-order valence-corrected chi connectivity index (χ3v) is 7.59. The number of fused-ring (bicyclic) bond motifs is 1. The predicted molar refractivity (Wildman–Crippen MR) is 92.3 cm³/mol. The van der Waals surface area contributed by atoms with Gasteiger partial charge in [-0.2, -0.15) is 0 Å². The molecule has 0 aromatic heterocycles. The Morgan fingerprint density at radius 3 is 1.76 bits per heavy atom. The van der Waals surface area contributed by atoms with Crippen LogP contribution in [0.4, 0.5) is 0 Å². The van der Waals surface area contributed by atoms with E-state index in [1.165, 1.54) is 19.3 Å². The zero-order valence-electron chi connectivity index (χ0n) is 14.7. The highest BCUT2D eigenvalue weighted by atomic mass is 14.4. The van der Waals surface area contributed by atoms with Crippen molar-refractivity contribution in [1.29, 1.82) is 0 Å². The van der Waals surface area contributed by atoms with E-state index < -0.39 is 0 Å². The molecule has 21 heavy (non-hydrogen) atoms. The second-order valence-electron chi connectivity index (χ2n) is 8.75. The summed E-state index contributed by atoms with van der Waals surface area (Å²) in [5, 5.41) is 0. The van der Waals surface area contributed by atoms with E-state index in [0.29, 0.717) is 0 Å². The van der Waals surface area contributed by atoms with E-state index in [0.717, 1.165) is 35.5 Å². The van der Waals surface area contributed by atoms with Crippen LogP contribution in [0.25, 0.3) is 0 Å². The third kappa shape index (κ3) is 3.85. The lowest BCUT2D eigenvalue weighted by Gasteiger charge is -2.45. The van der Waals surface area contributed by atoms with Crippen LogP contribution < -0.4 is 0 Å². The quantitative estimate of drug-likeness (QED) is 0.532. The van der Waals surface area contributed by atoms with E-state index in [1.807, 2.05) is 0 Å². The van der Waals surface area contributed by atoms with Crippen LogP contribution in [0.2, 0.25) is 0 Å². The van der Waals surface area contributed by atoms with Gasteiger partial charge in [0.2, 0.25) is 0 Å². The molecule has 4 unspecified atom stereocenters. The van der Waals surface area contributed by atoms with Crippen LogP contribution >= 0.6 is 0 Å². The Bertz CT molecular complexity index is 299. The van der Waals surface area contributed by atoms with Gasteiger partial charge in [0.25, 0.3) is 0 Å².